The van der Waals surface area contributed by atoms with E-state index in [4.69, 9.17) is 0 Å². The maximum atomic E-state index is 12.3. The molecule has 0 aliphatic carbocycles. The Balaban J connectivity index is 2.89. The predicted molar refractivity (Wildman–Crippen MR) is 69.8 cm³/mol. The second kappa shape index (κ2) is 4.81. The van der Waals surface area contributed by atoms with Crippen molar-refractivity contribution in [1.82, 2.24) is 4.31 Å². The van der Waals surface area contributed by atoms with Crippen LogP contribution >= 0.6 is 0 Å². The van der Waals surface area contributed by atoms with Gasteiger partial charge in [-0.15, -0.1) is 0 Å². The summed E-state index contributed by atoms with van der Waals surface area (Å²) in [6, 6.07) is 0. The van der Waals surface area contributed by atoms with Gasteiger partial charge >= 0.3 is 5.97 Å². The van der Waals surface area contributed by atoms with Crippen LogP contribution in [0.25, 0.3) is 0 Å². The highest BCUT2D eigenvalue weighted by Crippen LogP contribution is 2.33. The van der Waals surface area contributed by atoms with Crippen molar-refractivity contribution in [2.24, 2.45) is 5.41 Å². The van der Waals surface area contributed by atoms with Crippen LogP contribution in [-0.4, -0.2) is 41.6 Å². The van der Waals surface area contributed by atoms with Gasteiger partial charge in [0, 0.05) is 6.54 Å². The molecule has 1 unspecified atom stereocenters. The molecule has 6 heteroatoms. The van der Waals surface area contributed by atoms with Gasteiger partial charge in [0.2, 0.25) is 10.0 Å². The summed E-state index contributed by atoms with van der Waals surface area (Å²) in [7, 11) is -3.49. The van der Waals surface area contributed by atoms with Crippen LogP contribution < -0.4 is 0 Å². The van der Waals surface area contributed by atoms with Gasteiger partial charge in [0.1, 0.15) is 5.54 Å². The van der Waals surface area contributed by atoms with Crippen molar-refractivity contribution in [3.8, 4) is 0 Å². The van der Waals surface area contributed by atoms with Crippen LogP contribution in [0, 0.1) is 5.41 Å². The number of carboxylic acids is 1. The lowest BCUT2D eigenvalue weighted by atomic mass is 9.94. The zero-order valence-corrected chi connectivity index (χ0v) is 12.4. The Bertz CT molecular complexity index is 424. The van der Waals surface area contributed by atoms with E-state index >= 15 is 0 Å². The molecule has 106 valence electrons. The van der Waals surface area contributed by atoms with E-state index in [2.05, 4.69) is 0 Å². The maximum Gasteiger partial charge on any atom is 0.324 e. The van der Waals surface area contributed by atoms with Crippen molar-refractivity contribution >= 4 is 16.0 Å². The molecule has 0 aromatic rings. The fraction of sp³-hybridized carbons (Fsp3) is 0.917. The molecule has 0 aromatic carbocycles. The summed E-state index contributed by atoms with van der Waals surface area (Å²) in [5.41, 5.74) is -1.34. The third kappa shape index (κ3) is 3.23. The highest BCUT2D eigenvalue weighted by molar-refractivity contribution is 7.89. The van der Waals surface area contributed by atoms with Crippen molar-refractivity contribution in [1.29, 1.82) is 0 Å². The average Bonchev–Trinajstić information content (AvgIpc) is 2.59. The average molecular weight is 277 g/mol. The van der Waals surface area contributed by atoms with E-state index in [0.717, 1.165) is 0 Å². The molecule has 1 rings (SSSR count). The number of hydrogen-bond acceptors (Lipinski definition) is 3. The second-order valence-corrected chi connectivity index (χ2v) is 8.39. The molecular formula is C12H23NO4S. The zero-order valence-electron chi connectivity index (χ0n) is 11.6. The van der Waals surface area contributed by atoms with Crippen molar-refractivity contribution in [3.05, 3.63) is 0 Å². The molecule has 0 aromatic heterocycles. The van der Waals surface area contributed by atoms with Gasteiger partial charge in [-0.05, 0) is 31.6 Å². The van der Waals surface area contributed by atoms with Gasteiger partial charge in [0.15, 0.2) is 0 Å². The minimum Gasteiger partial charge on any atom is -0.480 e. The van der Waals surface area contributed by atoms with E-state index in [9.17, 15) is 18.3 Å². The molecule has 1 saturated heterocycles. The summed E-state index contributed by atoms with van der Waals surface area (Å²) in [4.78, 5) is 11.3. The molecule has 1 atom stereocenters. The maximum absolute atomic E-state index is 12.3. The fourth-order valence-corrected chi connectivity index (χ4v) is 4.42. The molecule has 18 heavy (non-hydrogen) atoms. The van der Waals surface area contributed by atoms with Gasteiger partial charge in [0.25, 0.3) is 0 Å². The summed E-state index contributed by atoms with van der Waals surface area (Å²) < 4.78 is 25.7. The fourth-order valence-electron chi connectivity index (χ4n) is 2.14. The number of sulfonamides is 1. The summed E-state index contributed by atoms with van der Waals surface area (Å²) >= 11 is 0. The molecule has 0 bridgehead atoms. The Morgan fingerprint density at radius 2 is 1.94 bits per heavy atom. The monoisotopic (exact) mass is 277 g/mol. The van der Waals surface area contributed by atoms with Crippen LogP contribution in [0.5, 0.6) is 0 Å². The number of hydrogen-bond donors (Lipinski definition) is 1. The molecule has 0 saturated carbocycles. The van der Waals surface area contributed by atoms with Crippen LogP contribution in [0.4, 0.5) is 0 Å². The molecule has 1 aliphatic rings. The molecular weight excluding hydrogens is 254 g/mol. The normalized spacial score (nSPS) is 26.4. The van der Waals surface area contributed by atoms with Crippen LogP contribution in [-0.2, 0) is 14.8 Å². The SMILES string of the molecule is CC(C)(C)CCS(=O)(=O)N1CCCC1(C)C(=O)O. The predicted octanol–water partition coefficient (Wildman–Crippen LogP) is 1.69. The standard InChI is InChI=1S/C12H23NO4S/c1-11(2,3)7-9-18(16,17)13-8-5-6-12(13,4)10(14)15/h5-9H2,1-4H3,(H,14,15). The Hall–Kier alpha value is -0.620. The van der Waals surface area contributed by atoms with Crippen molar-refractivity contribution < 1.29 is 18.3 Å². The lowest BCUT2D eigenvalue weighted by Gasteiger charge is -2.31. The first-order valence-electron chi connectivity index (χ1n) is 6.23. The summed E-state index contributed by atoms with van der Waals surface area (Å²) in [6.07, 6.45) is 1.52. The Kier molecular flexibility index (Phi) is 4.13. The number of aliphatic carboxylic acids is 1. The van der Waals surface area contributed by atoms with Crippen molar-refractivity contribution in [3.63, 3.8) is 0 Å². The lowest BCUT2D eigenvalue weighted by molar-refractivity contribution is -0.146. The Labute approximate surface area is 109 Å². The molecule has 1 aliphatic heterocycles. The summed E-state index contributed by atoms with van der Waals surface area (Å²) in [6.45, 7) is 7.74. The molecule has 1 heterocycles. The van der Waals surface area contributed by atoms with Gasteiger partial charge in [0.05, 0.1) is 5.75 Å². The Morgan fingerprint density at radius 1 is 1.39 bits per heavy atom. The highest BCUT2D eigenvalue weighted by atomic mass is 32.2. The van der Waals surface area contributed by atoms with E-state index < -0.39 is 21.5 Å². The zero-order chi connectivity index (χ0) is 14.2. The van der Waals surface area contributed by atoms with E-state index in [0.29, 0.717) is 25.8 Å². The summed E-state index contributed by atoms with van der Waals surface area (Å²) in [5.74, 6) is -1.04. The first-order valence-corrected chi connectivity index (χ1v) is 7.84. The third-order valence-corrected chi connectivity index (χ3v) is 5.46. The molecule has 1 N–H and O–H groups in total. The number of carboxylic acid groups (broad SMARTS) is 1. The van der Waals surface area contributed by atoms with Crippen LogP contribution in [0.2, 0.25) is 0 Å². The number of nitrogens with zero attached hydrogens (tertiary/aromatic N) is 1. The third-order valence-electron chi connectivity index (χ3n) is 3.48. The first-order chi connectivity index (χ1) is 7.99. The first kappa shape index (κ1) is 15.4. The van der Waals surface area contributed by atoms with Gasteiger partial charge in [-0.3, -0.25) is 4.79 Å². The smallest absolute Gasteiger partial charge is 0.324 e. The largest absolute Gasteiger partial charge is 0.480 e. The van der Waals surface area contributed by atoms with E-state index in [1.165, 1.54) is 11.2 Å². The van der Waals surface area contributed by atoms with Gasteiger partial charge in [-0.1, -0.05) is 20.8 Å². The van der Waals surface area contributed by atoms with E-state index in [-0.39, 0.29) is 11.2 Å². The number of rotatable bonds is 4. The van der Waals surface area contributed by atoms with Crippen LogP contribution in [0.3, 0.4) is 0 Å². The van der Waals surface area contributed by atoms with E-state index in [1.807, 2.05) is 20.8 Å². The molecule has 5 nitrogen and oxygen atoms in total. The minimum atomic E-state index is -3.49. The molecule has 0 spiro atoms. The topological polar surface area (TPSA) is 74.7 Å². The van der Waals surface area contributed by atoms with Crippen LogP contribution in [0.15, 0.2) is 0 Å². The second-order valence-electron chi connectivity index (χ2n) is 6.38. The van der Waals surface area contributed by atoms with Gasteiger partial charge in [-0.25, -0.2) is 8.42 Å². The molecule has 0 amide bonds. The lowest BCUT2D eigenvalue weighted by Crippen LogP contribution is -2.51. The van der Waals surface area contributed by atoms with Gasteiger partial charge in [-0.2, -0.15) is 4.31 Å². The van der Waals surface area contributed by atoms with Gasteiger partial charge < -0.3 is 5.11 Å². The Morgan fingerprint density at radius 3 is 2.39 bits per heavy atom. The molecule has 0 radical (unpaired) electrons. The summed E-state index contributed by atoms with van der Waals surface area (Å²) in [5, 5.41) is 9.23. The number of carbonyl (C=O) groups is 1. The quantitative estimate of drug-likeness (QED) is 0.848. The van der Waals surface area contributed by atoms with Crippen LogP contribution in [0.1, 0.15) is 47.0 Å². The van der Waals surface area contributed by atoms with E-state index in [1.54, 1.807) is 0 Å². The van der Waals surface area contributed by atoms with Crippen molar-refractivity contribution in [2.75, 3.05) is 12.3 Å². The van der Waals surface area contributed by atoms with Crippen molar-refractivity contribution in [2.45, 2.75) is 52.5 Å². The highest BCUT2D eigenvalue weighted by Gasteiger charge is 2.49. The molecule has 1 fully saturated rings. The minimum absolute atomic E-state index is 0.0133.